The first-order chi connectivity index (χ1) is 14.0. The maximum atomic E-state index is 12.0. The van der Waals surface area contributed by atoms with Crippen molar-refractivity contribution >= 4 is 39.2 Å². The summed E-state index contributed by atoms with van der Waals surface area (Å²) in [7, 11) is 0. The van der Waals surface area contributed by atoms with E-state index in [1.54, 1.807) is 16.9 Å². The van der Waals surface area contributed by atoms with Gasteiger partial charge in [-0.05, 0) is 41.8 Å². The molecule has 3 N–H and O–H groups in total. The molecule has 1 saturated carbocycles. The van der Waals surface area contributed by atoms with Crippen LogP contribution in [-0.4, -0.2) is 49.1 Å². The number of H-pyrrole nitrogens is 1. The quantitative estimate of drug-likeness (QED) is 0.533. The molecule has 2 fully saturated rings. The molecule has 2 atom stereocenters. The van der Waals surface area contributed by atoms with Gasteiger partial charge in [0.2, 0.25) is 0 Å². The molecule has 0 radical (unpaired) electrons. The highest BCUT2D eigenvalue weighted by Crippen LogP contribution is 2.35. The van der Waals surface area contributed by atoms with Crippen LogP contribution in [-0.2, 0) is 9.47 Å². The van der Waals surface area contributed by atoms with E-state index in [9.17, 15) is 4.79 Å². The monoisotopic (exact) mass is 461 g/mol. The van der Waals surface area contributed by atoms with Crippen molar-refractivity contribution in [1.82, 2.24) is 30.1 Å². The Morgan fingerprint density at radius 1 is 1.48 bits per heavy atom. The van der Waals surface area contributed by atoms with E-state index in [4.69, 9.17) is 9.47 Å². The Balaban J connectivity index is 1.22. The van der Waals surface area contributed by atoms with Crippen LogP contribution in [0.1, 0.15) is 38.0 Å². The standard InChI is InChI=1S/C18H20BrN7O3/c1-18(3-4-18)23-17(27)29-10-6-13(28-9-10)11-7-15(25-24-11)22-16-12-2-5-21-26(12)14(19)8-20-16/h2,5,7-8,10,13H,3-4,6,9H2,1H3,(H,23,27)(H2,20,22,24,25). The van der Waals surface area contributed by atoms with E-state index in [-0.39, 0.29) is 23.8 Å². The molecular formula is C18H20BrN7O3. The van der Waals surface area contributed by atoms with Crippen LogP contribution in [0.3, 0.4) is 0 Å². The second-order valence-corrected chi connectivity index (χ2v) is 8.47. The van der Waals surface area contributed by atoms with E-state index in [0.717, 1.165) is 28.7 Å². The Hall–Kier alpha value is -2.66. The molecule has 0 aromatic carbocycles. The predicted octanol–water partition coefficient (Wildman–Crippen LogP) is 3.07. The number of aromatic nitrogens is 5. The lowest BCUT2D eigenvalue weighted by molar-refractivity contribution is 0.0675. The number of hydrogen-bond acceptors (Lipinski definition) is 7. The van der Waals surface area contributed by atoms with Crippen LogP contribution in [0.15, 0.2) is 29.1 Å². The molecule has 10 nitrogen and oxygen atoms in total. The molecule has 1 aliphatic heterocycles. The Kier molecular flexibility index (Phi) is 4.43. The molecule has 0 spiro atoms. The number of alkyl carbamates (subject to hydrolysis) is 1. The fraction of sp³-hybridized carbons (Fsp3) is 0.444. The minimum absolute atomic E-state index is 0.0954. The molecule has 4 heterocycles. The van der Waals surface area contributed by atoms with Crippen LogP contribution in [0, 0.1) is 0 Å². The average Bonchev–Trinajstić information content (AvgIpc) is 3.15. The number of hydrogen-bond donors (Lipinski definition) is 3. The summed E-state index contributed by atoms with van der Waals surface area (Å²) in [5.74, 6) is 1.26. The van der Waals surface area contributed by atoms with Gasteiger partial charge in [0.15, 0.2) is 11.6 Å². The third-order valence-corrected chi connectivity index (χ3v) is 5.76. The van der Waals surface area contributed by atoms with E-state index < -0.39 is 0 Å². The zero-order valence-corrected chi connectivity index (χ0v) is 17.3. The Labute approximate surface area is 174 Å². The zero-order valence-electron chi connectivity index (χ0n) is 15.7. The molecule has 2 unspecified atom stereocenters. The number of carbonyl (C=O) groups excluding carboxylic acids is 1. The number of rotatable bonds is 5. The summed E-state index contributed by atoms with van der Waals surface area (Å²) in [5.41, 5.74) is 1.54. The fourth-order valence-corrected chi connectivity index (χ4v) is 3.70. The van der Waals surface area contributed by atoms with Crippen molar-refractivity contribution in [2.75, 3.05) is 11.9 Å². The summed E-state index contributed by atoms with van der Waals surface area (Å²) < 4.78 is 13.8. The number of fused-ring (bicyclic) bond motifs is 1. The summed E-state index contributed by atoms with van der Waals surface area (Å²) in [6.07, 6.45) is 5.08. The molecule has 29 heavy (non-hydrogen) atoms. The lowest BCUT2D eigenvalue weighted by atomic mass is 10.1. The molecule has 11 heteroatoms. The van der Waals surface area contributed by atoms with Crippen LogP contribution in [0.5, 0.6) is 0 Å². The highest BCUT2D eigenvalue weighted by molar-refractivity contribution is 9.10. The van der Waals surface area contributed by atoms with Gasteiger partial charge in [-0.15, -0.1) is 0 Å². The van der Waals surface area contributed by atoms with Gasteiger partial charge in [0, 0.05) is 18.0 Å². The van der Waals surface area contributed by atoms with Gasteiger partial charge < -0.3 is 20.1 Å². The number of ether oxygens (including phenoxy) is 2. The molecule has 1 saturated heterocycles. The molecule has 2 aliphatic rings. The van der Waals surface area contributed by atoms with Crippen LogP contribution in [0.25, 0.3) is 5.52 Å². The lowest BCUT2D eigenvalue weighted by Crippen LogP contribution is -2.37. The Morgan fingerprint density at radius 3 is 3.17 bits per heavy atom. The topological polar surface area (TPSA) is 118 Å². The van der Waals surface area contributed by atoms with Crippen LogP contribution < -0.4 is 10.6 Å². The van der Waals surface area contributed by atoms with Crippen molar-refractivity contribution in [3.8, 4) is 0 Å². The van der Waals surface area contributed by atoms with Crippen molar-refractivity contribution in [3.63, 3.8) is 0 Å². The average molecular weight is 462 g/mol. The van der Waals surface area contributed by atoms with Gasteiger partial charge in [0.05, 0.1) is 24.7 Å². The first-order valence-corrected chi connectivity index (χ1v) is 10.2. The van der Waals surface area contributed by atoms with E-state index >= 15 is 0 Å². The maximum absolute atomic E-state index is 12.0. The van der Waals surface area contributed by atoms with E-state index in [0.29, 0.717) is 24.7 Å². The highest BCUT2D eigenvalue weighted by atomic mass is 79.9. The second kappa shape index (κ2) is 6.99. The van der Waals surface area contributed by atoms with Gasteiger partial charge in [0.1, 0.15) is 22.3 Å². The van der Waals surface area contributed by atoms with E-state index in [2.05, 4.69) is 46.8 Å². The number of amides is 1. The number of nitrogens with zero attached hydrogens (tertiary/aromatic N) is 4. The van der Waals surface area contributed by atoms with Crippen molar-refractivity contribution in [2.24, 2.45) is 0 Å². The summed E-state index contributed by atoms with van der Waals surface area (Å²) >= 11 is 3.42. The minimum Gasteiger partial charge on any atom is -0.444 e. The zero-order chi connectivity index (χ0) is 20.0. The molecule has 1 amide bonds. The first kappa shape index (κ1) is 18.4. The Bertz CT molecular complexity index is 1060. The van der Waals surface area contributed by atoms with Crippen molar-refractivity contribution < 1.29 is 14.3 Å². The van der Waals surface area contributed by atoms with Crippen molar-refractivity contribution in [2.45, 2.75) is 43.9 Å². The van der Waals surface area contributed by atoms with Gasteiger partial charge in [-0.25, -0.2) is 14.3 Å². The van der Waals surface area contributed by atoms with Crippen LogP contribution >= 0.6 is 15.9 Å². The third kappa shape index (κ3) is 3.79. The van der Waals surface area contributed by atoms with E-state index in [1.807, 2.05) is 19.1 Å². The van der Waals surface area contributed by atoms with Gasteiger partial charge in [-0.3, -0.25) is 5.10 Å². The molecule has 0 bridgehead atoms. The van der Waals surface area contributed by atoms with Crippen LogP contribution in [0.2, 0.25) is 0 Å². The normalized spacial score (nSPS) is 22.6. The van der Waals surface area contributed by atoms with E-state index in [1.165, 1.54) is 0 Å². The summed E-state index contributed by atoms with van der Waals surface area (Å²) in [5, 5.41) is 17.6. The van der Waals surface area contributed by atoms with Gasteiger partial charge >= 0.3 is 6.09 Å². The summed E-state index contributed by atoms with van der Waals surface area (Å²) in [6.45, 7) is 2.38. The number of carbonyl (C=O) groups is 1. The molecular weight excluding hydrogens is 442 g/mol. The molecule has 3 aromatic heterocycles. The Morgan fingerprint density at radius 2 is 2.34 bits per heavy atom. The fourth-order valence-electron chi connectivity index (χ4n) is 3.31. The van der Waals surface area contributed by atoms with Gasteiger partial charge in [-0.2, -0.15) is 10.2 Å². The number of nitrogens with one attached hydrogen (secondary N) is 3. The van der Waals surface area contributed by atoms with Gasteiger partial charge in [-0.1, -0.05) is 0 Å². The first-order valence-electron chi connectivity index (χ1n) is 9.40. The predicted molar refractivity (Wildman–Crippen MR) is 107 cm³/mol. The molecule has 152 valence electrons. The van der Waals surface area contributed by atoms with Gasteiger partial charge in [0.25, 0.3) is 0 Å². The highest BCUT2D eigenvalue weighted by Gasteiger charge is 2.40. The lowest BCUT2D eigenvalue weighted by Gasteiger charge is -2.15. The molecule has 3 aromatic rings. The second-order valence-electron chi connectivity index (χ2n) is 7.66. The van der Waals surface area contributed by atoms with Crippen LogP contribution in [0.4, 0.5) is 16.4 Å². The maximum Gasteiger partial charge on any atom is 0.407 e. The smallest absolute Gasteiger partial charge is 0.407 e. The largest absolute Gasteiger partial charge is 0.444 e. The molecule has 1 aliphatic carbocycles. The SMILES string of the molecule is CC1(NC(=O)OC2COC(c3cc(Nc4ncc(Br)n5nccc45)n[nH]3)C2)CC1. The minimum atomic E-state index is -0.377. The molecule has 5 rings (SSSR count). The summed E-state index contributed by atoms with van der Waals surface area (Å²) in [4.78, 5) is 16.4. The number of aromatic amines is 1. The third-order valence-electron chi connectivity index (χ3n) is 5.22. The van der Waals surface area contributed by atoms with Crippen molar-refractivity contribution in [1.29, 1.82) is 0 Å². The number of anilines is 2. The summed E-state index contributed by atoms with van der Waals surface area (Å²) in [6, 6.07) is 3.73. The van der Waals surface area contributed by atoms with Crippen molar-refractivity contribution in [3.05, 3.63) is 34.8 Å². The number of halogens is 1.